The van der Waals surface area contributed by atoms with Gasteiger partial charge in [0, 0.05) is 16.7 Å². The van der Waals surface area contributed by atoms with Crippen LogP contribution in [0.3, 0.4) is 0 Å². The molecular weight excluding hydrogens is 332 g/mol. The molecule has 0 radical (unpaired) electrons. The summed E-state index contributed by atoms with van der Waals surface area (Å²) >= 11 is 0. The molecule has 6 nitrogen and oxygen atoms in total. The molecule has 1 heterocycles. The van der Waals surface area contributed by atoms with Gasteiger partial charge >= 0.3 is 0 Å². The summed E-state index contributed by atoms with van der Waals surface area (Å²) in [5.41, 5.74) is 2.06. The summed E-state index contributed by atoms with van der Waals surface area (Å²) in [5.74, 6) is 0.792. The molecule has 1 atom stereocenters. The van der Waals surface area contributed by atoms with Crippen molar-refractivity contribution in [1.29, 1.82) is 0 Å². The molecule has 134 valence electrons. The molecule has 0 aromatic heterocycles. The Bertz CT molecular complexity index is 861. The number of amides is 1. The van der Waals surface area contributed by atoms with Crippen LogP contribution in [0.1, 0.15) is 35.3 Å². The fourth-order valence-electron chi connectivity index (χ4n) is 2.79. The lowest BCUT2D eigenvalue weighted by Gasteiger charge is -2.30. The number of hydrogen-bond acceptors (Lipinski definition) is 5. The number of methoxy groups -OCH3 is 1. The molecule has 1 amide bonds. The number of hydrogen-bond donors (Lipinski definition) is 0. The van der Waals surface area contributed by atoms with Crippen LogP contribution in [0.5, 0.6) is 5.75 Å². The largest absolute Gasteiger partial charge is 0.496 e. The Labute approximate surface area is 152 Å². The molecule has 0 aliphatic carbocycles. The maximum Gasteiger partial charge on any atom is 0.272 e. The van der Waals surface area contributed by atoms with Crippen LogP contribution in [0.4, 0.5) is 0 Å². The first-order chi connectivity index (χ1) is 12.5. The van der Waals surface area contributed by atoms with E-state index in [9.17, 15) is 9.59 Å². The summed E-state index contributed by atoms with van der Waals surface area (Å²) in [6.45, 7) is 3.39. The molecule has 2 aromatic carbocycles. The number of Topliss-reactive ketones (excluding diaryl/α,β-unsaturated/α-hetero) is 1. The van der Waals surface area contributed by atoms with Crippen molar-refractivity contribution in [3.05, 3.63) is 65.2 Å². The topological polar surface area (TPSA) is 68.2 Å². The number of benzene rings is 2. The van der Waals surface area contributed by atoms with Crippen LogP contribution >= 0.6 is 0 Å². The maximum absolute atomic E-state index is 12.7. The first-order valence-electron chi connectivity index (χ1n) is 8.29. The van der Waals surface area contributed by atoms with Crippen LogP contribution in [0.15, 0.2) is 53.7 Å². The third-order valence-electron chi connectivity index (χ3n) is 4.21. The van der Waals surface area contributed by atoms with Gasteiger partial charge in [-0.05, 0) is 32.0 Å². The summed E-state index contributed by atoms with van der Waals surface area (Å²) in [6, 6.07) is 14.5. The molecule has 2 aromatic rings. The standard InChI is InChI=1S/C20H20N2O4/c1-13(23)16-9-10-18(25-3)17(11-16)12-22-19(15-7-5-4-6-8-15)21-26-14(2)20(22)24/h4-11,14H,12H2,1-3H3. The summed E-state index contributed by atoms with van der Waals surface area (Å²) in [4.78, 5) is 31.3. The molecular formula is C20H20N2O4. The number of carbonyl (C=O) groups excluding carboxylic acids is 2. The second-order valence-corrected chi connectivity index (χ2v) is 6.04. The summed E-state index contributed by atoms with van der Waals surface area (Å²) in [5, 5.41) is 4.14. The Morgan fingerprint density at radius 2 is 1.96 bits per heavy atom. The molecule has 1 aliphatic heterocycles. The van der Waals surface area contributed by atoms with Gasteiger partial charge < -0.3 is 9.57 Å². The smallest absolute Gasteiger partial charge is 0.272 e. The Morgan fingerprint density at radius 3 is 2.62 bits per heavy atom. The van der Waals surface area contributed by atoms with E-state index in [4.69, 9.17) is 9.57 Å². The SMILES string of the molecule is COc1ccc(C(C)=O)cc1CN1C(=O)C(C)ON=C1c1ccccc1. The second-order valence-electron chi connectivity index (χ2n) is 6.04. The third-order valence-corrected chi connectivity index (χ3v) is 4.21. The highest BCUT2D eigenvalue weighted by atomic mass is 16.6. The monoisotopic (exact) mass is 352 g/mol. The lowest BCUT2D eigenvalue weighted by atomic mass is 10.1. The zero-order valence-corrected chi connectivity index (χ0v) is 14.9. The van der Waals surface area contributed by atoms with Gasteiger partial charge in [0.05, 0.1) is 13.7 Å². The fourth-order valence-corrected chi connectivity index (χ4v) is 2.79. The number of rotatable bonds is 5. The molecule has 26 heavy (non-hydrogen) atoms. The van der Waals surface area contributed by atoms with Crippen molar-refractivity contribution in [2.45, 2.75) is 26.5 Å². The van der Waals surface area contributed by atoms with Crippen LogP contribution in [0.2, 0.25) is 0 Å². The first-order valence-corrected chi connectivity index (χ1v) is 8.29. The van der Waals surface area contributed by atoms with Crippen LogP contribution < -0.4 is 4.74 Å². The Hall–Kier alpha value is -3.15. The van der Waals surface area contributed by atoms with Gasteiger partial charge in [-0.2, -0.15) is 0 Å². The Balaban J connectivity index is 2.01. The number of carbonyl (C=O) groups is 2. The molecule has 0 bridgehead atoms. The van der Waals surface area contributed by atoms with Crippen molar-refractivity contribution in [3.63, 3.8) is 0 Å². The van der Waals surface area contributed by atoms with Crippen LogP contribution in [-0.2, 0) is 16.2 Å². The van der Waals surface area contributed by atoms with E-state index in [1.54, 1.807) is 37.1 Å². The van der Waals surface area contributed by atoms with E-state index < -0.39 is 6.10 Å². The molecule has 0 N–H and O–H groups in total. The van der Waals surface area contributed by atoms with Crippen LogP contribution in [0, 0.1) is 0 Å². The van der Waals surface area contributed by atoms with Crippen molar-refractivity contribution in [2.24, 2.45) is 5.16 Å². The molecule has 6 heteroatoms. The van der Waals surface area contributed by atoms with E-state index in [0.717, 1.165) is 11.1 Å². The third kappa shape index (κ3) is 3.44. The zero-order valence-electron chi connectivity index (χ0n) is 14.9. The summed E-state index contributed by atoms with van der Waals surface area (Å²) in [6.07, 6.45) is -0.676. The van der Waals surface area contributed by atoms with Gasteiger partial charge in [0.25, 0.3) is 5.91 Å². The van der Waals surface area contributed by atoms with Crippen LogP contribution in [0.25, 0.3) is 0 Å². The molecule has 0 spiro atoms. The van der Waals surface area contributed by atoms with E-state index in [2.05, 4.69) is 5.16 Å². The predicted octanol–water partition coefficient (Wildman–Crippen LogP) is 3.01. The highest BCUT2D eigenvalue weighted by Gasteiger charge is 2.32. The van der Waals surface area contributed by atoms with Crippen molar-refractivity contribution in [1.82, 2.24) is 4.90 Å². The number of amidine groups is 1. The minimum Gasteiger partial charge on any atom is -0.496 e. The molecule has 0 saturated heterocycles. The number of nitrogens with zero attached hydrogens (tertiary/aromatic N) is 2. The second kappa shape index (κ2) is 7.39. The Morgan fingerprint density at radius 1 is 1.23 bits per heavy atom. The molecule has 0 fully saturated rings. The fraction of sp³-hybridized carbons (Fsp3) is 0.250. The zero-order chi connectivity index (χ0) is 18.7. The average Bonchev–Trinajstić information content (AvgIpc) is 2.66. The minimum atomic E-state index is -0.676. The molecule has 3 rings (SSSR count). The molecule has 1 unspecified atom stereocenters. The summed E-state index contributed by atoms with van der Waals surface area (Å²) in [7, 11) is 1.56. The Kier molecular flexibility index (Phi) is 5.02. The van der Waals surface area contributed by atoms with Crippen molar-refractivity contribution in [3.8, 4) is 5.75 Å². The predicted molar refractivity (Wildman–Crippen MR) is 97.1 cm³/mol. The molecule has 1 aliphatic rings. The van der Waals surface area contributed by atoms with Crippen molar-refractivity contribution >= 4 is 17.5 Å². The van der Waals surface area contributed by atoms with Gasteiger partial charge in [-0.15, -0.1) is 0 Å². The highest BCUT2D eigenvalue weighted by Crippen LogP contribution is 2.25. The van der Waals surface area contributed by atoms with E-state index in [1.807, 2.05) is 30.3 Å². The van der Waals surface area contributed by atoms with Gasteiger partial charge in [-0.3, -0.25) is 14.5 Å². The van der Waals surface area contributed by atoms with Gasteiger partial charge in [-0.25, -0.2) is 0 Å². The van der Waals surface area contributed by atoms with E-state index in [-0.39, 0.29) is 18.2 Å². The van der Waals surface area contributed by atoms with Gasteiger partial charge in [0.2, 0.25) is 6.10 Å². The summed E-state index contributed by atoms with van der Waals surface area (Å²) < 4.78 is 5.40. The molecule has 0 saturated carbocycles. The van der Waals surface area contributed by atoms with E-state index in [1.165, 1.54) is 6.92 Å². The van der Waals surface area contributed by atoms with Gasteiger partial charge in [0.1, 0.15) is 5.75 Å². The van der Waals surface area contributed by atoms with E-state index >= 15 is 0 Å². The van der Waals surface area contributed by atoms with Crippen molar-refractivity contribution < 1.29 is 19.2 Å². The lowest BCUT2D eigenvalue weighted by Crippen LogP contribution is -2.46. The van der Waals surface area contributed by atoms with Gasteiger partial charge in [-0.1, -0.05) is 35.5 Å². The number of ketones is 1. The highest BCUT2D eigenvalue weighted by molar-refractivity contribution is 6.09. The number of oxime groups is 1. The lowest BCUT2D eigenvalue weighted by molar-refractivity contribution is -0.142. The van der Waals surface area contributed by atoms with Crippen LogP contribution in [-0.4, -0.2) is 35.6 Å². The first kappa shape index (κ1) is 17.7. The van der Waals surface area contributed by atoms with Crippen molar-refractivity contribution in [2.75, 3.05) is 7.11 Å². The number of ether oxygens (including phenoxy) is 1. The average molecular weight is 352 g/mol. The normalized spacial score (nSPS) is 16.7. The minimum absolute atomic E-state index is 0.0486. The maximum atomic E-state index is 12.7. The van der Waals surface area contributed by atoms with Gasteiger partial charge in [0.15, 0.2) is 11.6 Å². The quantitative estimate of drug-likeness (QED) is 0.776. The van der Waals surface area contributed by atoms with E-state index in [0.29, 0.717) is 17.1 Å².